The smallest absolute Gasteiger partial charge is 0.219 e. The molecule has 0 N–H and O–H groups in total. The Kier molecular flexibility index (Phi) is 7.13. The quantitative estimate of drug-likeness (QED) is 0.167. The number of hydrogen-bond acceptors (Lipinski definition) is 6. The van der Waals surface area contributed by atoms with Gasteiger partial charge in [-0.1, -0.05) is 72.8 Å². The summed E-state index contributed by atoms with van der Waals surface area (Å²) in [6.45, 7) is 4.25. The fourth-order valence-electron chi connectivity index (χ4n) is 6.50. The molecule has 0 bridgehead atoms. The molecular weight excluding hydrogens is 617 g/mol. The summed E-state index contributed by atoms with van der Waals surface area (Å²) >= 11 is 0. The zero-order valence-corrected chi connectivity index (χ0v) is 27.5. The summed E-state index contributed by atoms with van der Waals surface area (Å²) in [6, 6.07) is 48.4. The van der Waals surface area contributed by atoms with Crippen molar-refractivity contribution in [3.8, 4) is 45.8 Å². The van der Waals surface area contributed by atoms with Crippen LogP contribution in [0.25, 0.3) is 66.1 Å². The molecule has 0 radical (unpaired) electrons. The SMILES string of the molecule is Cc1cc(-c2ccc3ccc4ccc(Oc5ccccc5)nc4c3n2)c(C)cc1-c1ccc2ccc3ccc(Oc4ccccc4)nc3c2n1. The van der Waals surface area contributed by atoms with Crippen LogP contribution in [0.5, 0.6) is 23.3 Å². The average molecular weight is 647 g/mol. The van der Waals surface area contributed by atoms with E-state index in [1.165, 1.54) is 0 Å². The molecule has 0 saturated heterocycles. The lowest BCUT2D eigenvalue weighted by molar-refractivity contribution is 0.465. The minimum absolute atomic E-state index is 0.533. The molecular formula is C44H30N4O2. The molecule has 4 aromatic heterocycles. The number of rotatable bonds is 6. The maximum atomic E-state index is 6.07. The summed E-state index contributed by atoms with van der Waals surface area (Å²) in [6.07, 6.45) is 0. The van der Waals surface area contributed by atoms with Gasteiger partial charge >= 0.3 is 0 Å². The van der Waals surface area contributed by atoms with Gasteiger partial charge in [0.05, 0.1) is 22.4 Å². The van der Waals surface area contributed by atoms with Crippen LogP contribution in [0.4, 0.5) is 0 Å². The first kappa shape index (κ1) is 29.5. The number of hydrogen-bond donors (Lipinski definition) is 0. The third-order valence-corrected chi connectivity index (χ3v) is 9.04. The van der Waals surface area contributed by atoms with Gasteiger partial charge in [0, 0.05) is 44.8 Å². The Morgan fingerprint density at radius 3 is 1.10 bits per heavy atom. The largest absolute Gasteiger partial charge is 0.439 e. The van der Waals surface area contributed by atoms with E-state index < -0.39 is 0 Å². The van der Waals surface area contributed by atoms with Crippen molar-refractivity contribution in [3.05, 3.63) is 157 Å². The van der Waals surface area contributed by atoms with E-state index in [1.54, 1.807) is 0 Å². The summed E-state index contributed by atoms with van der Waals surface area (Å²) in [4.78, 5) is 20.2. The van der Waals surface area contributed by atoms with Crippen LogP contribution in [-0.2, 0) is 0 Å². The summed E-state index contributed by atoms with van der Waals surface area (Å²) < 4.78 is 12.1. The number of nitrogens with zero attached hydrogens (tertiary/aromatic N) is 4. The monoisotopic (exact) mass is 646 g/mol. The van der Waals surface area contributed by atoms with E-state index in [0.717, 1.165) is 88.8 Å². The van der Waals surface area contributed by atoms with Crippen LogP contribution in [0.1, 0.15) is 11.1 Å². The van der Waals surface area contributed by atoms with E-state index in [2.05, 4.69) is 74.5 Å². The lowest BCUT2D eigenvalue weighted by atomic mass is 9.95. The molecule has 9 aromatic rings. The molecule has 0 aliphatic heterocycles. The molecule has 4 heterocycles. The Labute approximate surface area is 288 Å². The number of aromatic nitrogens is 4. The van der Waals surface area contributed by atoms with Gasteiger partial charge in [-0.05, 0) is 85.6 Å². The van der Waals surface area contributed by atoms with Gasteiger partial charge in [-0.25, -0.2) is 19.9 Å². The fraction of sp³-hybridized carbons (Fsp3) is 0.0455. The molecule has 50 heavy (non-hydrogen) atoms. The third kappa shape index (κ3) is 5.43. The van der Waals surface area contributed by atoms with Crippen molar-refractivity contribution in [1.82, 2.24) is 19.9 Å². The second kappa shape index (κ2) is 12.1. The minimum Gasteiger partial charge on any atom is -0.439 e. The van der Waals surface area contributed by atoms with E-state index in [9.17, 15) is 0 Å². The lowest BCUT2D eigenvalue weighted by Crippen LogP contribution is -1.96. The molecule has 0 unspecified atom stereocenters. The maximum Gasteiger partial charge on any atom is 0.219 e. The Morgan fingerprint density at radius 1 is 0.360 bits per heavy atom. The highest BCUT2D eigenvalue weighted by molar-refractivity contribution is 6.05. The highest BCUT2D eigenvalue weighted by atomic mass is 16.5. The Morgan fingerprint density at radius 2 is 0.700 bits per heavy atom. The number of fused-ring (bicyclic) bond motifs is 6. The topological polar surface area (TPSA) is 70.0 Å². The molecule has 0 aliphatic carbocycles. The zero-order valence-electron chi connectivity index (χ0n) is 27.5. The first-order valence-electron chi connectivity index (χ1n) is 16.5. The van der Waals surface area contributed by atoms with E-state index in [-0.39, 0.29) is 0 Å². The van der Waals surface area contributed by atoms with Crippen molar-refractivity contribution in [2.45, 2.75) is 13.8 Å². The Balaban J connectivity index is 1.10. The first-order chi connectivity index (χ1) is 24.6. The van der Waals surface area contributed by atoms with Gasteiger partial charge in [0.1, 0.15) is 22.5 Å². The highest BCUT2D eigenvalue weighted by Crippen LogP contribution is 2.35. The van der Waals surface area contributed by atoms with Crippen molar-refractivity contribution < 1.29 is 9.47 Å². The van der Waals surface area contributed by atoms with Gasteiger partial charge in [-0.3, -0.25) is 0 Å². The number of aryl methyl sites for hydroxylation is 2. The number of ether oxygens (including phenoxy) is 2. The third-order valence-electron chi connectivity index (χ3n) is 9.04. The molecule has 0 aliphatic rings. The van der Waals surface area contributed by atoms with Gasteiger partial charge in [0.25, 0.3) is 0 Å². The summed E-state index contributed by atoms with van der Waals surface area (Å²) in [5.74, 6) is 2.55. The second-order valence-corrected chi connectivity index (χ2v) is 12.4. The number of benzene rings is 5. The van der Waals surface area contributed by atoms with Crippen LogP contribution in [0, 0.1) is 13.8 Å². The van der Waals surface area contributed by atoms with Gasteiger partial charge in [-0.15, -0.1) is 0 Å². The molecule has 9 rings (SSSR count). The fourth-order valence-corrected chi connectivity index (χ4v) is 6.50. The van der Waals surface area contributed by atoms with E-state index in [0.29, 0.717) is 11.8 Å². The molecule has 5 aromatic carbocycles. The van der Waals surface area contributed by atoms with Crippen molar-refractivity contribution in [3.63, 3.8) is 0 Å². The van der Waals surface area contributed by atoms with E-state index >= 15 is 0 Å². The van der Waals surface area contributed by atoms with Crippen LogP contribution in [0.15, 0.2) is 146 Å². The van der Waals surface area contributed by atoms with Gasteiger partial charge < -0.3 is 9.47 Å². The first-order valence-corrected chi connectivity index (χ1v) is 16.5. The minimum atomic E-state index is 0.533. The molecule has 0 spiro atoms. The average Bonchev–Trinajstić information content (AvgIpc) is 3.16. The highest BCUT2D eigenvalue weighted by Gasteiger charge is 2.15. The molecule has 0 saturated carbocycles. The Bertz CT molecular complexity index is 2540. The van der Waals surface area contributed by atoms with E-state index in [1.807, 2.05) is 84.9 Å². The van der Waals surface area contributed by atoms with Crippen molar-refractivity contribution in [2.24, 2.45) is 0 Å². The molecule has 0 fully saturated rings. The molecule has 0 amide bonds. The van der Waals surface area contributed by atoms with Crippen molar-refractivity contribution >= 4 is 43.6 Å². The second-order valence-electron chi connectivity index (χ2n) is 12.4. The van der Waals surface area contributed by atoms with Gasteiger partial charge in [0.15, 0.2) is 0 Å². The predicted octanol–water partition coefficient (Wildman–Crippen LogP) is 11.4. The van der Waals surface area contributed by atoms with Gasteiger partial charge in [-0.2, -0.15) is 0 Å². The number of pyridine rings is 4. The van der Waals surface area contributed by atoms with E-state index in [4.69, 9.17) is 29.4 Å². The predicted molar refractivity (Wildman–Crippen MR) is 201 cm³/mol. The van der Waals surface area contributed by atoms with Crippen molar-refractivity contribution in [2.75, 3.05) is 0 Å². The number of para-hydroxylation sites is 2. The van der Waals surface area contributed by atoms with Crippen LogP contribution in [-0.4, -0.2) is 19.9 Å². The molecule has 0 atom stereocenters. The lowest BCUT2D eigenvalue weighted by Gasteiger charge is -2.14. The Hall–Kier alpha value is -6.66. The van der Waals surface area contributed by atoms with Gasteiger partial charge in [0.2, 0.25) is 11.8 Å². The standard InChI is InChI=1S/C44H30N4O2/c1-27-25-36(38-22-18-30-14-16-32-20-24-40(48-44(32)42(30)46-38)50-34-11-7-4-8-12-34)28(2)26-35(27)37-21-17-29-13-15-31-19-23-39(47-43(31)41(29)45-37)49-33-9-5-3-6-10-33/h3-26H,1-2H3. The summed E-state index contributed by atoms with van der Waals surface area (Å²) in [5, 5.41) is 4.06. The summed E-state index contributed by atoms with van der Waals surface area (Å²) in [7, 11) is 0. The summed E-state index contributed by atoms with van der Waals surface area (Å²) in [5.41, 5.74) is 9.42. The normalized spacial score (nSPS) is 11.4. The van der Waals surface area contributed by atoms with Crippen LogP contribution >= 0.6 is 0 Å². The maximum absolute atomic E-state index is 6.07. The zero-order chi connectivity index (χ0) is 33.6. The van der Waals surface area contributed by atoms with Crippen molar-refractivity contribution in [1.29, 1.82) is 0 Å². The van der Waals surface area contributed by atoms with Crippen LogP contribution in [0.2, 0.25) is 0 Å². The van der Waals surface area contributed by atoms with Crippen LogP contribution in [0.3, 0.4) is 0 Å². The molecule has 6 heteroatoms. The molecule has 238 valence electrons. The van der Waals surface area contributed by atoms with Crippen LogP contribution < -0.4 is 9.47 Å². The molecule has 6 nitrogen and oxygen atoms in total.